The van der Waals surface area contributed by atoms with Crippen molar-refractivity contribution in [2.75, 3.05) is 6.54 Å². The van der Waals surface area contributed by atoms with Gasteiger partial charge in [0, 0.05) is 6.54 Å². The molecule has 0 aliphatic rings. The van der Waals surface area contributed by atoms with Gasteiger partial charge in [0.2, 0.25) is 0 Å². The summed E-state index contributed by atoms with van der Waals surface area (Å²) in [5.74, 6) is 0.865. The predicted octanol–water partition coefficient (Wildman–Crippen LogP) is 3.29. The van der Waals surface area contributed by atoms with Crippen LogP contribution in [0, 0.1) is 5.92 Å². The van der Waals surface area contributed by atoms with Crippen LogP contribution in [0.4, 0.5) is 0 Å². The Morgan fingerprint density at radius 2 is 1.91 bits per heavy atom. The molecule has 1 heteroatoms. The molecule has 0 unspecified atom stereocenters. The number of aliphatic imine (C=N–C) groups is 1. The fourth-order valence-electron chi connectivity index (χ4n) is 1.06. The standard InChI is InChI=1S/C10H21N/c1-4-11-9-7-5-6-8-10(2)3/h4,10H,5-9H2,1-3H3/b11-4-. The Bertz CT molecular complexity index is 95.0. The monoisotopic (exact) mass is 155 g/mol. The summed E-state index contributed by atoms with van der Waals surface area (Å²) in [6, 6.07) is 0. The third-order valence-corrected chi connectivity index (χ3v) is 1.75. The fraction of sp³-hybridized carbons (Fsp3) is 0.900. The highest BCUT2D eigenvalue weighted by molar-refractivity contribution is 5.53. The first kappa shape index (κ1) is 10.7. The number of hydrogen-bond donors (Lipinski definition) is 0. The first-order valence-electron chi connectivity index (χ1n) is 4.71. The normalized spacial score (nSPS) is 11.6. The lowest BCUT2D eigenvalue weighted by molar-refractivity contribution is 0.529. The molecule has 0 bridgehead atoms. The van der Waals surface area contributed by atoms with E-state index in [1.165, 1.54) is 25.7 Å². The van der Waals surface area contributed by atoms with Gasteiger partial charge in [-0.1, -0.05) is 33.1 Å². The Kier molecular flexibility index (Phi) is 7.54. The quantitative estimate of drug-likeness (QED) is 0.412. The molecule has 0 N–H and O–H groups in total. The molecule has 0 rings (SSSR count). The minimum absolute atomic E-state index is 0.865. The first-order valence-corrected chi connectivity index (χ1v) is 4.71. The van der Waals surface area contributed by atoms with Gasteiger partial charge in [-0.3, -0.25) is 4.99 Å². The highest BCUT2D eigenvalue weighted by Crippen LogP contribution is 2.07. The van der Waals surface area contributed by atoms with Crippen molar-refractivity contribution in [1.29, 1.82) is 0 Å². The zero-order valence-electron chi connectivity index (χ0n) is 8.14. The number of hydrogen-bond acceptors (Lipinski definition) is 1. The van der Waals surface area contributed by atoms with Crippen molar-refractivity contribution in [3.63, 3.8) is 0 Å². The molecule has 0 amide bonds. The Labute approximate surface area is 70.9 Å². The summed E-state index contributed by atoms with van der Waals surface area (Å²) in [7, 11) is 0. The van der Waals surface area contributed by atoms with E-state index in [9.17, 15) is 0 Å². The average Bonchev–Trinajstić information content (AvgIpc) is 1.96. The van der Waals surface area contributed by atoms with Crippen molar-refractivity contribution in [2.45, 2.75) is 46.5 Å². The molecule has 1 nitrogen and oxygen atoms in total. The van der Waals surface area contributed by atoms with Crippen molar-refractivity contribution in [1.82, 2.24) is 0 Å². The molecule has 66 valence electrons. The number of rotatable bonds is 6. The summed E-state index contributed by atoms with van der Waals surface area (Å²) < 4.78 is 0. The van der Waals surface area contributed by atoms with Gasteiger partial charge in [0.1, 0.15) is 0 Å². The molecule has 0 fully saturated rings. The molecule has 0 spiro atoms. The summed E-state index contributed by atoms with van der Waals surface area (Å²) in [5.41, 5.74) is 0. The molecule has 0 saturated carbocycles. The number of unbranched alkanes of at least 4 members (excludes halogenated alkanes) is 2. The zero-order chi connectivity index (χ0) is 8.53. The second kappa shape index (κ2) is 7.77. The minimum atomic E-state index is 0.865. The fourth-order valence-corrected chi connectivity index (χ4v) is 1.06. The van der Waals surface area contributed by atoms with Gasteiger partial charge in [-0.05, 0) is 25.5 Å². The molecule has 0 radical (unpaired) electrons. The van der Waals surface area contributed by atoms with Crippen LogP contribution in [0.2, 0.25) is 0 Å². The molecule has 0 saturated heterocycles. The average molecular weight is 155 g/mol. The summed E-state index contributed by atoms with van der Waals surface area (Å²) in [6.45, 7) is 7.57. The third kappa shape index (κ3) is 9.67. The first-order chi connectivity index (χ1) is 5.27. The Balaban J connectivity index is 2.91. The van der Waals surface area contributed by atoms with Gasteiger partial charge in [-0.25, -0.2) is 0 Å². The van der Waals surface area contributed by atoms with Crippen LogP contribution in [0.1, 0.15) is 46.5 Å². The van der Waals surface area contributed by atoms with Crippen LogP contribution < -0.4 is 0 Å². The maximum atomic E-state index is 4.16. The summed E-state index contributed by atoms with van der Waals surface area (Å²) in [5, 5.41) is 0. The van der Waals surface area contributed by atoms with Crippen LogP contribution in [0.3, 0.4) is 0 Å². The van der Waals surface area contributed by atoms with Gasteiger partial charge in [0.15, 0.2) is 0 Å². The van der Waals surface area contributed by atoms with Crippen LogP contribution in [-0.2, 0) is 0 Å². The summed E-state index contributed by atoms with van der Waals surface area (Å²) >= 11 is 0. The minimum Gasteiger partial charge on any atom is -0.298 e. The van der Waals surface area contributed by atoms with E-state index in [0.717, 1.165) is 12.5 Å². The molecule has 11 heavy (non-hydrogen) atoms. The SMILES string of the molecule is C/C=N\CCCCCC(C)C. The molecular weight excluding hydrogens is 134 g/mol. The molecule has 0 aromatic rings. The highest BCUT2D eigenvalue weighted by Gasteiger charge is 1.92. The molecule has 0 aromatic heterocycles. The van der Waals surface area contributed by atoms with Crippen molar-refractivity contribution in [3.05, 3.63) is 0 Å². The molecular formula is C10H21N. The summed E-state index contributed by atoms with van der Waals surface area (Å²) in [6.07, 6.45) is 7.24. The molecule has 0 aliphatic heterocycles. The van der Waals surface area contributed by atoms with Crippen LogP contribution >= 0.6 is 0 Å². The van der Waals surface area contributed by atoms with Crippen LogP contribution in [0.15, 0.2) is 4.99 Å². The maximum absolute atomic E-state index is 4.16. The maximum Gasteiger partial charge on any atom is 0.0385 e. The van der Waals surface area contributed by atoms with Gasteiger partial charge >= 0.3 is 0 Å². The Morgan fingerprint density at radius 3 is 2.45 bits per heavy atom. The Hall–Kier alpha value is -0.330. The van der Waals surface area contributed by atoms with Crippen LogP contribution in [0.5, 0.6) is 0 Å². The second-order valence-electron chi connectivity index (χ2n) is 3.41. The smallest absolute Gasteiger partial charge is 0.0385 e. The van der Waals surface area contributed by atoms with Gasteiger partial charge in [-0.2, -0.15) is 0 Å². The van der Waals surface area contributed by atoms with E-state index < -0.39 is 0 Å². The van der Waals surface area contributed by atoms with E-state index in [-0.39, 0.29) is 0 Å². The summed E-state index contributed by atoms with van der Waals surface area (Å²) in [4.78, 5) is 4.16. The van der Waals surface area contributed by atoms with Gasteiger partial charge in [0.25, 0.3) is 0 Å². The van der Waals surface area contributed by atoms with Crippen molar-refractivity contribution in [2.24, 2.45) is 10.9 Å². The largest absolute Gasteiger partial charge is 0.298 e. The molecule has 0 aliphatic carbocycles. The van der Waals surface area contributed by atoms with Crippen molar-refractivity contribution >= 4 is 6.21 Å². The lowest BCUT2D eigenvalue weighted by Crippen LogP contribution is -1.88. The second-order valence-corrected chi connectivity index (χ2v) is 3.41. The van der Waals surface area contributed by atoms with Crippen LogP contribution in [0.25, 0.3) is 0 Å². The van der Waals surface area contributed by atoms with Crippen molar-refractivity contribution in [3.8, 4) is 0 Å². The van der Waals surface area contributed by atoms with E-state index in [1.807, 2.05) is 13.1 Å². The molecule has 0 heterocycles. The van der Waals surface area contributed by atoms with Gasteiger partial charge < -0.3 is 0 Å². The lowest BCUT2D eigenvalue weighted by atomic mass is 10.1. The molecule has 0 atom stereocenters. The zero-order valence-corrected chi connectivity index (χ0v) is 8.14. The van der Waals surface area contributed by atoms with Crippen molar-refractivity contribution < 1.29 is 0 Å². The Morgan fingerprint density at radius 1 is 1.18 bits per heavy atom. The third-order valence-electron chi connectivity index (χ3n) is 1.75. The topological polar surface area (TPSA) is 12.4 Å². The van der Waals surface area contributed by atoms with Gasteiger partial charge in [0.05, 0.1) is 0 Å². The van der Waals surface area contributed by atoms with E-state index in [4.69, 9.17) is 0 Å². The van der Waals surface area contributed by atoms with Crippen LogP contribution in [-0.4, -0.2) is 12.8 Å². The van der Waals surface area contributed by atoms with E-state index in [1.54, 1.807) is 0 Å². The van der Waals surface area contributed by atoms with E-state index >= 15 is 0 Å². The lowest BCUT2D eigenvalue weighted by Gasteiger charge is -2.02. The molecule has 0 aromatic carbocycles. The van der Waals surface area contributed by atoms with E-state index in [0.29, 0.717) is 0 Å². The number of nitrogens with zero attached hydrogens (tertiary/aromatic N) is 1. The van der Waals surface area contributed by atoms with E-state index in [2.05, 4.69) is 18.8 Å². The highest BCUT2D eigenvalue weighted by atomic mass is 14.7. The predicted molar refractivity (Wildman–Crippen MR) is 52.3 cm³/mol. The van der Waals surface area contributed by atoms with Gasteiger partial charge in [-0.15, -0.1) is 0 Å².